The zero-order chi connectivity index (χ0) is 20.4. The lowest BCUT2D eigenvalue weighted by Crippen LogP contribution is -2.51. The second-order valence-electron chi connectivity index (χ2n) is 9.20. The summed E-state index contributed by atoms with van der Waals surface area (Å²) >= 11 is 0. The molecular formula is C24H34N4O. The summed E-state index contributed by atoms with van der Waals surface area (Å²) in [5, 5.41) is 4.52. The number of carbonyl (C=O) groups is 1. The summed E-state index contributed by atoms with van der Waals surface area (Å²) in [6.07, 6.45) is 5.39. The van der Waals surface area contributed by atoms with Crippen LogP contribution in [0.2, 0.25) is 0 Å². The van der Waals surface area contributed by atoms with Gasteiger partial charge in [-0.05, 0) is 55.7 Å². The monoisotopic (exact) mass is 394 g/mol. The van der Waals surface area contributed by atoms with Crippen LogP contribution in [0, 0.1) is 5.41 Å². The summed E-state index contributed by atoms with van der Waals surface area (Å²) in [5.41, 5.74) is 3.53. The van der Waals surface area contributed by atoms with E-state index in [-0.39, 0.29) is 5.91 Å². The van der Waals surface area contributed by atoms with Gasteiger partial charge in [-0.2, -0.15) is 5.10 Å². The third-order valence-corrected chi connectivity index (χ3v) is 6.85. The van der Waals surface area contributed by atoms with Gasteiger partial charge in [-0.25, -0.2) is 0 Å². The van der Waals surface area contributed by atoms with Crippen molar-refractivity contribution >= 4 is 5.91 Å². The minimum absolute atomic E-state index is 0.140. The van der Waals surface area contributed by atoms with Crippen molar-refractivity contribution in [2.45, 2.75) is 44.9 Å². The Bertz CT molecular complexity index is 836. The number of carbonyl (C=O) groups excluding carboxylic acids is 1. The molecule has 0 bridgehead atoms. The highest BCUT2D eigenvalue weighted by Gasteiger charge is 2.42. The van der Waals surface area contributed by atoms with Crippen molar-refractivity contribution in [3.8, 4) is 0 Å². The number of likely N-dealkylation sites (tertiary alicyclic amines) is 2. The number of rotatable bonds is 4. The Kier molecular flexibility index (Phi) is 5.77. The molecule has 0 radical (unpaired) electrons. The van der Waals surface area contributed by atoms with Crippen molar-refractivity contribution in [3.63, 3.8) is 0 Å². The molecule has 4 rings (SSSR count). The zero-order valence-electron chi connectivity index (χ0n) is 18.1. The number of nitrogens with zero attached hydrogens (tertiary/aromatic N) is 4. The number of likely N-dealkylation sites (N-methyl/N-ethyl adjacent to an activating group) is 1. The Labute approximate surface area is 174 Å². The molecule has 1 aromatic heterocycles. The van der Waals surface area contributed by atoms with E-state index in [2.05, 4.69) is 54.3 Å². The minimum atomic E-state index is 0.140. The standard InChI is InChI=1S/C24H34N4O/c1-4-8-21-15-22(27(3)25-21)23(29)28-13-11-24(12-14-28)16-20(17-26(2)18-24)19-9-6-5-7-10-19/h5-7,9-10,15,20H,4,8,11-14,16-18H2,1-3H3/t20-/m1/s1. The summed E-state index contributed by atoms with van der Waals surface area (Å²) in [6.45, 7) is 6.11. The van der Waals surface area contributed by atoms with Crippen LogP contribution < -0.4 is 0 Å². The number of aryl methyl sites for hydroxylation is 2. The highest BCUT2D eigenvalue weighted by Crippen LogP contribution is 2.44. The molecule has 2 aliphatic heterocycles. The predicted octanol–water partition coefficient (Wildman–Crippen LogP) is 3.71. The fourth-order valence-electron chi connectivity index (χ4n) is 5.43. The number of aromatic nitrogens is 2. The third kappa shape index (κ3) is 4.25. The molecule has 0 unspecified atom stereocenters. The van der Waals surface area contributed by atoms with Gasteiger partial charge in [-0.15, -0.1) is 0 Å². The van der Waals surface area contributed by atoms with E-state index in [1.54, 1.807) is 4.68 Å². The first kappa shape index (κ1) is 20.1. The molecule has 1 atom stereocenters. The Morgan fingerprint density at radius 1 is 1.17 bits per heavy atom. The van der Waals surface area contributed by atoms with Gasteiger partial charge in [-0.1, -0.05) is 43.7 Å². The molecule has 2 saturated heterocycles. The molecule has 5 heteroatoms. The molecule has 0 aliphatic carbocycles. The van der Waals surface area contributed by atoms with Crippen LogP contribution in [0.5, 0.6) is 0 Å². The van der Waals surface area contributed by atoms with Crippen LogP contribution in [-0.4, -0.2) is 58.7 Å². The fourth-order valence-corrected chi connectivity index (χ4v) is 5.43. The van der Waals surface area contributed by atoms with E-state index in [0.29, 0.717) is 11.3 Å². The van der Waals surface area contributed by atoms with Crippen LogP contribution in [0.15, 0.2) is 36.4 Å². The molecule has 1 spiro atoms. The van der Waals surface area contributed by atoms with Crippen molar-refractivity contribution in [1.82, 2.24) is 19.6 Å². The van der Waals surface area contributed by atoms with Gasteiger partial charge in [0, 0.05) is 33.2 Å². The van der Waals surface area contributed by atoms with Gasteiger partial charge in [0.1, 0.15) is 5.69 Å². The average Bonchev–Trinajstić information content (AvgIpc) is 3.08. The molecule has 0 N–H and O–H groups in total. The highest BCUT2D eigenvalue weighted by atomic mass is 16.2. The topological polar surface area (TPSA) is 41.4 Å². The van der Waals surface area contributed by atoms with Gasteiger partial charge in [-0.3, -0.25) is 9.48 Å². The maximum Gasteiger partial charge on any atom is 0.272 e. The van der Waals surface area contributed by atoms with E-state index in [0.717, 1.165) is 63.3 Å². The van der Waals surface area contributed by atoms with Crippen molar-refractivity contribution in [1.29, 1.82) is 0 Å². The SMILES string of the molecule is CCCc1cc(C(=O)N2CCC3(CC2)C[C@@H](c2ccccc2)CN(C)C3)n(C)n1. The van der Waals surface area contributed by atoms with E-state index in [1.807, 2.05) is 18.0 Å². The van der Waals surface area contributed by atoms with Crippen molar-refractivity contribution in [2.24, 2.45) is 12.5 Å². The average molecular weight is 395 g/mol. The van der Waals surface area contributed by atoms with Crippen LogP contribution in [0.25, 0.3) is 0 Å². The summed E-state index contributed by atoms with van der Waals surface area (Å²) in [4.78, 5) is 17.7. The third-order valence-electron chi connectivity index (χ3n) is 6.85. The maximum absolute atomic E-state index is 13.1. The van der Waals surface area contributed by atoms with Gasteiger partial charge in [0.2, 0.25) is 0 Å². The van der Waals surface area contributed by atoms with Gasteiger partial charge in [0.05, 0.1) is 5.69 Å². The van der Waals surface area contributed by atoms with Gasteiger partial charge in [0.15, 0.2) is 0 Å². The molecule has 1 amide bonds. The molecule has 156 valence electrons. The van der Waals surface area contributed by atoms with Crippen LogP contribution >= 0.6 is 0 Å². The van der Waals surface area contributed by atoms with Crippen LogP contribution in [0.1, 0.15) is 60.3 Å². The van der Waals surface area contributed by atoms with Gasteiger partial charge < -0.3 is 9.80 Å². The number of amides is 1. The Morgan fingerprint density at radius 3 is 2.59 bits per heavy atom. The number of piperidine rings is 2. The Morgan fingerprint density at radius 2 is 1.90 bits per heavy atom. The zero-order valence-corrected chi connectivity index (χ0v) is 18.1. The lowest BCUT2D eigenvalue weighted by Gasteiger charge is -2.49. The molecule has 2 fully saturated rings. The molecule has 2 aromatic rings. The normalized spacial score (nSPS) is 22.2. The fraction of sp³-hybridized carbons (Fsp3) is 0.583. The summed E-state index contributed by atoms with van der Waals surface area (Å²) in [5.74, 6) is 0.729. The van der Waals surface area contributed by atoms with Gasteiger partial charge >= 0.3 is 0 Å². The van der Waals surface area contributed by atoms with E-state index in [9.17, 15) is 4.79 Å². The summed E-state index contributed by atoms with van der Waals surface area (Å²) in [7, 11) is 4.14. The molecule has 5 nitrogen and oxygen atoms in total. The van der Waals surface area contributed by atoms with E-state index in [1.165, 1.54) is 12.0 Å². The predicted molar refractivity (Wildman–Crippen MR) is 116 cm³/mol. The van der Waals surface area contributed by atoms with Crippen LogP contribution in [-0.2, 0) is 13.5 Å². The largest absolute Gasteiger partial charge is 0.337 e. The summed E-state index contributed by atoms with van der Waals surface area (Å²) in [6, 6.07) is 12.9. The van der Waals surface area contributed by atoms with E-state index >= 15 is 0 Å². The second kappa shape index (κ2) is 8.31. The van der Waals surface area contributed by atoms with E-state index < -0.39 is 0 Å². The highest BCUT2D eigenvalue weighted by molar-refractivity contribution is 5.92. The minimum Gasteiger partial charge on any atom is -0.337 e. The van der Waals surface area contributed by atoms with Crippen LogP contribution in [0.4, 0.5) is 0 Å². The molecule has 2 aliphatic rings. The van der Waals surface area contributed by atoms with Crippen molar-refractivity contribution in [2.75, 3.05) is 33.2 Å². The smallest absolute Gasteiger partial charge is 0.272 e. The van der Waals surface area contributed by atoms with Crippen molar-refractivity contribution < 1.29 is 4.79 Å². The van der Waals surface area contributed by atoms with Crippen molar-refractivity contribution in [3.05, 3.63) is 53.3 Å². The first-order valence-corrected chi connectivity index (χ1v) is 11.1. The Hall–Kier alpha value is -2.14. The molecule has 0 saturated carbocycles. The lowest BCUT2D eigenvalue weighted by molar-refractivity contribution is 0.0220. The van der Waals surface area contributed by atoms with Gasteiger partial charge in [0.25, 0.3) is 5.91 Å². The quantitative estimate of drug-likeness (QED) is 0.794. The van der Waals surface area contributed by atoms with Crippen LogP contribution in [0.3, 0.4) is 0 Å². The number of hydrogen-bond acceptors (Lipinski definition) is 3. The molecule has 3 heterocycles. The molecular weight excluding hydrogens is 360 g/mol. The Balaban J connectivity index is 1.43. The maximum atomic E-state index is 13.1. The molecule has 1 aromatic carbocycles. The summed E-state index contributed by atoms with van der Waals surface area (Å²) < 4.78 is 1.76. The number of hydrogen-bond donors (Lipinski definition) is 0. The van der Waals surface area contributed by atoms with E-state index in [4.69, 9.17) is 0 Å². The first-order valence-electron chi connectivity index (χ1n) is 11.1. The molecule has 29 heavy (non-hydrogen) atoms. The first-order chi connectivity index (χ1) is 14.0. The second-order valence-corrected chi connectivity index (χ2v) is 9.20. The number of benzene rings is 1. The lowest BCUT2D eigenvalue weighted by atomic mass is 9.68.